The van der Waals surface area contributed by atoms with E-state index in [-0.39, 0.29) is 24.0 Å². The molecule has 134 valence electrons. The van der Waals surface area contributed by atoms with Gasteiger partial charge in [0.05, 0.1) is 12.0 Å². The third-order valence-electron chi connectivity index (χ3n) is 4.64. The monoisotopic (exact) mass is 368 g/mol. The Morgan fingerprint density at radius 1 is 1.19 bits per heavy atom. The summed E-state index contributed by atoms with van der Waals surface area (Å²) in [5.74, 6) is 4.74. The van der Waals surface area contributed by atoms with Crippen molar-refractivity contribution in [3.8, 4) is 11.8 Å². The normalized spacial score (nSPS) is 22.0. The van der Waals surface area contributed by atoms with Crippen LogP contribution in [0.4, 0.5) is 0 Å². The van der Waals surface area contributed by atoms with Crippen LogP contribution < -0.4 is 0 Å². The molecule has 1 heterocycles. The molecule has 1 fully saturated rings. The van der Waals surface area contributed by atoms with Gasteiger partial charge in [0.25, 0.3) is 0 Å². The van der Waals surface area contributed by atoms with Gasteiger partial charge >= 0.3 is 5.97 Å². The van der Waals surface area contributed by atoms with Crippen molar-refractivity contribution in [3.63, 3.8) is 0 Å². The molecule has 1 aromatic heterocycles. The number of rotatable bonds is 5. The molecule has 1 aliphatic rings. The van der Waals surface area contributed by atoms with Crippen LogP contribution in [0.15, 0.2) is 42.5 Å². The van der Waals surface area contributed by atoms with Crippen molar-refractivity contribution in [3.05, 3.63) is 57.8 Å². The minimum absolute atomic E-state index is 0.0715. The Kier molecular flexibility index (Phi) is 5.87. The van der Waals surface area contributed by atoms with Crippen LogP contribution in [-0.2, 0) is 11.2 Å². The Balaban J connectivity index is 1.62. The van der Waals surface area contributed by atoms with Crippen molar-refractivity contribution in [1.29, 1.82) is 0 Å². The second-order valence-electron chi connectivity index (χ2n) is 6.47. The van der Waals surface area contributed by atoms with Gasteiger partial charge in [-0.3, -0.25) is 4.79 Å². The number of carbonyl (C=O) groups excluding carboxylic acids is 1. The van der Waals surface area contributed by atoms with Gasteiger partial charge in [0, 0.05) is 22.8 Å². The zero-order chi connectivity index (χ0) is 18.5. The predicted octanol–water partition coefficient (Wildman–Crippen LogP) is 3.39. The van der Waals surface area contributed by atoms with Crippen molar-refractivity contribution in [2.24, 2.45) is 11.8 Å². The number of carbonyl (C=O) groups is 2. The van der Waals surface area contributed by atoms with E-state index in [1.807, 2.05) is 36.4 Å². The number of carboxylic acid groups (broad SMARTS) is 1. The number of hydrogen-bond donors (Lipinski definition) is 2. The molecule has 0 unspecified atom stereocenters. The first-order chi connectivity index (χ1) is 12.5. The van der Waals surface area contributed by atoms with E-state index >= 15 is 0 Å². The van der Waals surface area contributed by atoms with E-state index in [2.05, 4.69) is 11.8 Å². The van der Waals surface area contributed by atoms with Crippen molar-refractivity contribution >= 4 is 23.1 Å². The highest BCUT2D eigenvalue weighted by atomic mass is 32.1. The molecule has 0 bridgehead atoms. The lowest BCUT2D eigenvalue weighted by Crippen LogP contribution is -2.19. The SMILES string of the molecule is O=C(O)c1ccc(CCC[C@@H]2C(=O)C[C@@H](O)[C@@H]2C#Cc2ccccc2)s1. The van der Waals surface area contributed by atoms with E-state index in [1.165, 1.54) is 11.3 Å². The molecular weight excluding hydrogens is 348 g/mol. The third-order valence-corrected chi connectivity index (χ3v) is 5.77. The molecule has 0 spiro atoms. The Hall–Kier alpha value is -2.42. The minimum atomic E-state index is -0.911. The van der Waals surface area contributed by atoms with E-state index in [0.29, 0.717) is 11.3 Å². The lowest BCUT2D eigenvalue weighted by molar-refractivity contribution is -0.121. The molecule has 1 aliphatic carbocycles. The van der Waals surface area contributed by atoms with Crippen LogP contribution in [0.2, 0.25) is 0 Å². The summed E-state index contributed by atoms with van der Waals surface area (Å²) < 4.78 is 0. The zero-order valence-electron chi connectivity index (χ0n) is 14.2. The number of aliphatic hydroxyl groups excluding tert-OH is 1. The van der Waals surface area contributed by atoms with Crippen LogP contribution in [0.3, 0.4) is 0 Å². The second-order valence-corrected chi connectivity index (χ2v) is 7.64. The number of carboxylic acids is 1. The summed E-state index contributed by atoms with van der Waals surface area (Å²) >= 11 is 1.27. The van der Waals surface area contributed by atoms with Gasteiger partial charge in [0.2, 0.25) is 0 Å². The molecule has 2 aromatic rings. The summed E-state index contributed by atoms with van der Waals surface area (Å²) in [6, 6.07) is 13.0. The van der Waals surface area contributed by atoms with Crippen LogP contribution in [0, 0.1) is 23.7 Å². The number of aromatic carboxylic acids is 1. The molecule has 0 radical (unpaired) electrons. The van der Waals surface area contributed by atoms with E-state index in [0.717, 1.165) is 23.3 Å². The number of Topliss-reactive ketones (excluding diaryl/α,β-unsaturated/α-hetero) is 1. The van der Waals surface area contributed by atoms with Crippen LogP contribution >= 0.6 is 11.3 Å². The molecule has 0 aliphatic heterocycles. The lowest BCUT2D eigenvalue weighted by atomic mass is 9.89. The van der Waals surface area contributed by atoms with Crippen molar-refractivity contribution in [2.75, 3.05) is 0 Å². The summed E-state index contributed by atoms with van der Waals surface area (Å²) in [5.41, 5.74) is 0.873. The molecule has 0 saturated heterocycles. The van der Waals surface area contributed by atoms with E-state index in [4.69, 9.17) is 5.11 Å². The minimum Gasteiger partial charge on any atom is -0.477 e. The van der Waals surface area contributed by atoms with Gasteiger partial charge in [0.15, 0.2) is 0 Å². The van der Waals surface area contributed by atoms with Crippen LogP contribution in [0.25, 0.3) is 0 Å². The first-order valence-corrected chi connectivity index (χ1v) is 9.45. The molecule has 3 atom stereocenters. The molecule has 1 saturated carbocycles. The molecule has 2 N–H and O–H groups in total. The van der Waals surface area contributed by atoms with Gasteiger partial charge in [-0.25, -0.2) is 4.79 Å². The van der Waals surface area contributed by atoms with Gasteiger partial charge in [-0.2, -0.15) is 0 Å². The van der Waals surface area contributed by atoms with Crippen LogP contribution in [-0.4, -0.2) is 28.1 Å². The van der Waals surface area contributed by atoms with Crippen molar-refractivity contribution in [2.45, 2.75) is 31.8 Å². The largest absolute Gasteiger partial charge is 0.477 e. The molecular formula is C21H20O4S. The first-order valence-electron chi connectivity index (χ1n) is 8.64. The topological polar surface area (TPSA) is 74.6 Å². The molecule has 0 amide bonds. The standard InChI is InChI=1S/C21H20O4S/c22-18-13-19(23)17(11-9-14-5-2-1-3-6-14)16(18)8-4-7-15-10-12-20(26-15)21(24)25/h1-3,5-6,10,12,16-17,19,23H,4,7-8,13H2,(H,24,25)/t16-,17+,19+/m0/s1. The van der Waals surface area contributed by atoms with Crippen LogP contribution in [0.5, 0.6) is 0 Å². The number of hydrogen-bond acceptors (Lipinski definition) is 4. The summed E-state index contributed by atoms with van der Waals surface area (Å²) in [7, 11) is 0. The lowest BCUT2D eigenvalue weighted by Gasteiger charge is -2.15. The van der Waals surface area contributed by atoms with E-state index in [1.54, 1.807) is 6.07 Å². The van der Waals surface area contributed by atoms with E-state index in [9.17, 15) is 14.7 Å². The number of ketones is 1. The van der Waals surface area contributed by atoms with E-state index < -0.39 is 12.1 Å². The van der Waals surface area contributed by atoms with Gasteiger partial charge in [-0.15, -0.1) is 11.3 Å². The van der Waals surface area contributed by atoms with Crippen molar-refractivity contribution < 1.29 is 19.8 Å². The molecule has 26 heavy (non-hydrogen) atoms. The average molecular weight is 368 g/mol. The summed E-state index contributed by atoms with van der Waals surface area (Å²) in [5, 5.41) is 19.2. The average Bonchev–Trinajstić information content (AvgIpc) is 3.19. The highest BCUT2D eigenvalue weighted by Gasteiger charge is 2.40. The van der Waals surface area contributed by atoms with Gasteiger partial charge in [-0.05, 0) is 43.5 Å². The second kappa shape index (κ2) is 8.31. The summed E-state index contributed by atoms with van der Waals surface area (Å²) in [4.78, 5) is 24.5. The fourth-order valence-corrected chi connectivity index (χ4v) is 4.19. The highest BCUT2D eigenvalue weighted by molar-refractivity contribution is 7.13. The summed E-state index contributed by atoms with van der Waals surface area (Å²) in [6.45, 7) is 0. The predicted molar refractivity (Wildman–Crippen MR) is 100 cm³/mol. The Morgan fingerprint density at radius 2 is 1.96 bits per heavy atom. The highest BCUT2D eigenvalue weighted by Crippen LogP contribution is 2.33. The molecule has 3 rings (SSSR count). The van der Waals surface area contributed by atoms with Crippen molar-refractivity contribution in [1.82, 2.24) is 0 Å². The number of aliphatic hydroxyl groups is 1. The third kappa shape index (κ3) is 4.40. The van der Waals surface area contributed by atoms with Crippen LogP contribution in [0.1, 0.15) is 39.4 Å². The number of aryl methyl sites for hydroxylation is 1. The number of benzene rings is 1. The maximum atomic E-state index is 12.2. The van der Waals surface area contributed by atoms with Gasteiger partial charge in [-0.1, -0.05) is 30.0 Å². The molecule has 5 heteroatoms. The Labute approximate surface area is 156 Å². The Bertz CT molecular complexity index is 844. The summed E-state index contributed by atoms with van der Waals surface area (Å²) in [6.07, 6.45) is 1.62. The molecule has 1 aromatic carbocycles. The number of thiophene rings is 1. The van der Waals surface area contributed by atoms with Gasteiger partial charge < -0.3 is 10.2 Å². The Morgan fingerprint density at radius 3 is 2.65 bits per heavy atom. The fraction of sp³-hybridized carbons (Fsp3) is 0.333. The fourth-order valence-electron chi connectivity index (χ4n) is 3.30. The maximum absolute atomic E-state index is 12.2. The quantitative estimate of drug-likeness (QED) is 0.794. The van der Waals surface area contributed by atoms with Gasteiger partial charge in [0.1, 0.15) is 10.7 Å². The smallest absolute Gasteiger partial charge is 0.345 e. The zero-order valence-corrected chi connectivity index (χ0v) is 15.0. The maximum Gasteiger partial charge on any atom is 0.345 e. The first kappa shape index (κ1) is 18.4. The molecule has 4 nitrogen and oxygen atoms in total.